The number of hydrogen-bond donors (Lipinski definition) is 1. The van der Waals surface area contributed by atoms with Crippen molar-refractivity contribution in [3.05, 3.63) is 21.9 Å². The molecule has 0 bridgehead atoms. The summed E-state index contributed by atoms with van der Waals surface area (Å²) < 4.78 is 0. The van der Waals surface area contributed by atoms with E-state index in [0.717, 1.165) is 4.88 Å². The van der Waals surface area contributed by atoms with Gasteiger partial charge in [-0.25, -0.2) is 0 Å². The number of carbonyl (C=O) groups excluding carboxylic acids is 2. The Morgan fingerprint density at radius 2 is 2.22 bits per heavy atom. The highest BCUT2D eigenvalue weighted by atomic mass is 32.1. The van der Waals surface area contributed by atoms with Gasteiger partial charge in [-0.05, 0) is 11.5 Å². The Hall–Kier alpha value is -1.36. The van der Waals surface area contributed by atoms with Crippen molar-refractivity contribution < 1.29 is 9.59 Å². The lowest BCUT2D eigenvalue weighted by Gasteiger charge is -2.26. The normalized spacial score (nSPS) is 16.6. The molecule has 2 amide bonds. The third-order valence-corrected chi connectivity index (χ3v) is 4.11. The third kappa shape index (κ3) is 2.72. The molecule has 0 unspecified atom stereocenters. The van der Waals surface area contributed by atoms with Gasteiger partial charge in [-0.3, -0.25) is 9.59 Å². The summed E-state index contributed by atoms with van der Waals surface area (Å²) in [4.78, 5) is 26.2. The van der Waals surface area contributed by atoms with E-state index in [1.807, 2.05) is 6.07 Å². The molecule has 2 rings (SSSR count). The highest BCUT2D eigenvalue weighted by molar-refractivity contribution is 7.09. The largest absolute Gasteiger partial charge is 0.353 e. The van der Waals surface area contributed by atoms with Gasteiger partial charge in [0.1, 0.15) is 0 Å². The van der Waals surface area contributed by atoms with Crippen molar-refractivity contribution in [3.63, 3.8) is 0 Å². The van der Waals surface area contributed by atoms with E-state index in [1.54, 1.807) is 4.90 Å². The smallest absolute Gasteiger partial charge is 0.255 e. The molecule has 18 heavy (non-hydrogen) atoms. The number of nitrogens with zero attached hydrogens (tertiary/aromatic N) is 1. The maximum Gasteiger partial charge on any atom is 0.255 e. The molecule has 1 saturated heterocycles. The standard InChI is InChI=1S/C13H17N2O2S/c1-13(2,3)10-6-9(8-18-10)12(17)15-5-4-14-11(16)7-15/h6H,4-5,7H2,1-3H3,(H,14,16). The Kier molecular flexibility index (Phi) is 3.43. The van der Waals surface area contributed by atoms with Crippen LogP contribution in [-0.4, -0.2) is 36.3 Å². The van der Waals surface area contributed by atoms with Crippen LogP contribution >= 0.6 is 11.3 Å². The molecular weight excluding hydrogens is 248 g/mol. The summed E-state index contributed by atoms with van der Waals surface area (Å²) >= 11 is 1.48. The lowest BCUT2D eigenvalue weighted by Crippen LogP contribution is -2.49. The van der Waals surface area contributed by atoms with Crippen LogP contribution in [0.15, 0.2) is 6.07 Å². The molecule has 1 N–H and O–H groups in total. The van der Waals surface area contributed by atoms with Crippen molar-refractivity contribution in [2.75, 3.05) is 19.6 Å². The van der Waals surface area contributed by atoms with Crippen molar-refractivity contribution in [2.24, 2.45) is 0 Å². The van der Waals surface area contributed by atoms with Crippen LogP contribution in [0.1, 0.15) is 36.0 Å². The van der Waals surface area contributed by atoms with Crippen LogP contribution in [0.4, 0.5) is 0 Å². The van der Waals surface area contributed by atoms with E-state index in [2.05, 4.69) is 31.5 Å². The number of carbonyl (C=O) groups is 2. The Morgan fingerprint density at radius 1 is 1.50 bits per heavy atom. The lowest BCUT2D eigenvalue weighted by atomic mass is 9.94. The lowest BCUT2D eigenvalue weighted by molar-refractivity contribution is -0.123. The van der Waals surface area contributed by atoms with E-state index in [-0.39, 0.29) is 23.8 Å². The monoisotopic (exact) mass is 265 g/mol. The first-order chi connectivity index (χ1) is 8.38. The first-order valence-corrected chi connectivity index (χ1v) is 6.77. The molecular formula is C13H17N2O2S. The van der Waals surface area contributed by atoms with Gasteiger partial charge in [0.15, 0.2) is 0 Å². The number of piperazine rings is 1. The van der Waals surface area contributed by atoms with Gasteiger partial charge in [0, 0.05) is 18.0 Å². The van der Waals surface area contributed by atoms with Crippen molar-refractivity contribution >= 4 is 23.2 Å². The van der Waals surface area contributed by atoms with Gasteiger partial charge in [-0.1, -0.05) is 20.8 Å². The number of nitrogens with one attached hydrogen (secondary N) is 1. The van der Waals surface area contributed by atoms with Crippen molar-refractivity contribution in [2.45, 2.75) is 26.2 Å². The second-order valence-electron chi connectivity index (χ2n) is 5.45. The minimum atomic E-state index is -0.100. The fourth-order valence-corrected chi connectivity index (χ4v) is 2.61. The fourth-order valence-electron chi connectivity index (χ4n) is 1.76. The second kappa shape index (κ2) is 4.72. The summed E-state index contributed by atoms with van der Waals surface area (Å²) in [7, 11) is 0. The minimum Gasteiger partial charge on any atom is -0.353 e. The second-order valence-corrected chi connectivity index (χ2v) is 6.30. The molecule has 4 nitrogen and oxygen atoms in total. The number of amides is 2. The van der Waals surface area contributed by atoms with Crippen LogP contribution < -0.4 is 5.32 Å². The predicted molar refractivity (Wildman–Crippen MR) is 70.8 cm³/mol. The molecule has 1 aliphatic rings. The van der Waals surface area contributed by atoms with Crippen LogP contribution in [0, 0.1) is 5.38 Å². The zero-order valence-corrected chi connectivity index (χ0v) is 11.7. The number of rotatable bonds is 1. The van der Waals surface area contributed by atoms with Gasteiger partial charge < -0.3 is 10.2 Å². The molecule has 1 aliphatic heterocycles. The maximum atomic E-state index is 12.2. The van der Waals surface area contributed by atoms with Crippen LogP contribution in [0.25, 0.3) is 0 Å². The summed E-state index contributed by atoms with van der Waals surface area (Å²) in [5.74, 6) is -0.197. The van der Waals surface area contributed by atoms with Crippen LogP contribution in [0.2, 0.25) is 0 Å². The molecule has 0 aromatic carbocycles. The molecule has 0 spiro atoms. The fraction of sp³-hybridized carbons (Fsp3) is 0.538. The van der Waals surface area contributed by atoms with E-state index >= 15 is 0 Å². The van der Waals surface area contributed by atoms with Gasteiger partial charge in [-0.15, -0.1) is 11.3 Å². The molecule has 0 aliphatic carbocycles. The Labute approximate surface area is 111 Å². The van der Waals surface area contributed by atoms with E-state index in [4.69, 9.17) is 0 Å². The Morgan fingerprint density at radius 3 is 2.78 bits per heavy atom. The highest BCUT2D eigenvalue weighted by Gasteiger charge is 2.25. The molecule has 1 aromatic heterocycles. The molecule has 1 radical (unpaired) electrons. The SMILES string of the molecule is CC(C)(C)c1cc(C(=O)N2CCNC(=O)C2)[c]s1. The molecule has 5 heteroatoms. The first kappa shape index (κ1) is 13.1. The van der Waals surface area contributed by atoms with E-state index < -0.39 is 0 Å². The minimum absolute atomic E-state index is 0.0268. The van der Waals surface area contributed by atoms with E-state index in [0.29, 0.717) is 18.7 Å². The number of hydrogen-bond acceptors (Lipinski definition) is 3. The molecule has 1 fully saturated rings. The zero-order valence-electron chi connectivity index (χ0n) is 10.9. The Bertz CT molecular complexity index is 474. The zero-order chi connectivity index (χ0) is 13.3. The van der Waals surface area contributed by atoms with Gasteiger partial charge in [0.05, 0.1) is 17.5 Å². The summed E-state index contributed by atoms with van der Waals surface area (Å²) in [5.41, 5.74) is 0.596. The van der Waals surface area contributed by atoms with E-state index in [9.17, 15) is 9.59 Å². The molecule has 0 atom stereocenters. The average molecular weight is 265 g/mol. The quantitative estimate of drug-likeness (QED) is 0.835. The van der Waals surface area contributed by atoms with Crippen molar-refractivity contribution in [3.8, 4) is 0 Å². The summed E-state index contributed by atoms with van der Waals surface area (Å²) in [5, 5.41) is 5.75. The molecule has 2 heterocycles. The third-order valence-electron chi connectivity index (χ3n) is 2.84. The van der Waals surface area contributed by atoms with Gasteiger partial charge in [0.2, 0.25) is 5.91 Å². The maximum absolute atomic E-state index is 12.2. The highest BCUT2D eigenvalue weighted by Crippen LogP contribution is 2.28. The summed E-state index contributed by atoms with van der Waals surface area (Å²) in [6, 6.07) is 1.89. The van der Waals surface area contributed by atoms with Gasteiger partial charge >= 0.3 is 0 Å². The Balaban J connectivity index is 2.14. The van der Waals surface area contributed by atoms with Crippen LogP contribution in [0.5, 0.6) is 0 Å². The number of thiophene rings is 1. The average Bonchev–Trinajstić information content (AvgIpc) is 2.77. The summed E-state index contributed by atoms with van der Waals surface area (Å²) in [6.07, 6.45) is 0. The van der Waals surface area contributed by atoms with Gasteiger partial charge in [-0.2, -0.15) is 0 Å². The van der Waals surface area contributed by atoms with E-state index in [1.165, 1.54) is 11.3 Å². The first-order valence-electron chi connectivity index (χ1n) is 5.96. The van der Waals surface area contributed by atoms with Crippen molar-refractivity contribution in [1.29, 1.82) is 0 Å². The molecule has 0 saturated carbocycles. The summed E-state index contributed by atoms with van der Waals surface area (Å²) in [6.45, 7) is 7.56. The molecule has 1 aromatic rings. The van der Waals surface area contributed by atoms with Gasteiger partial charge in [0.25, 0.3) is 5.91 Å². The van der Waals surface area contributed by atoms with Crippen LogP contribution in [0.3, 0.4) is 0 Å². The predicted octanol–water partition coefficient (Wildman–Crippen LogP) is 1.42. The van der Waals surface area contributed by atoms with Crippen molar-refractivity contribution in [1.82, 2.24) is 10.2 Å². The topological polar surface area (TPSA) is 49.4 Å². The van der Waals surface area contributed by atoms with Crippen LogP contribution in [-0.2, 0) is 10.2 Å². The molecule has 97 valence electrons.